The molecule has 7 nitrogen and oxygen atoms in total. The van der Waals surface area contributed by atoms with Crippen LogP contribution >= 0.6 is 0 Å². The Morgan fingerprint density at radius 1 is 1.00 bits per heavy atom. The topological polar surface area (TPSA) is 78.9 Å². The minimum Gasteiger partial charge on any atom is -0.493 e. The molecule has 1 aliphatic heterocycles. The number of amides is 1. The van der Waals surface area contributed by atoms with Crippen LogP contribution in [0.4, 0.5) is 5.82 Å². The van der Waals surface area contributed by atoms with Gasteiger partial charge in [-0.15, -0.1) is 0 Å². The smallest absolute Gasteiger partial charge is 0.236 e. The molecule has 1 N–H and O–H groups in total. The van der Waals surface area contributed by atoms with E-state index in [0.29, 0.717) is 34.5 Å². The van der Waals surface area contributed by atoms with Gasteiger partial charge in [-0.05, 0) is 54.8 Å². The van der Waals surface area contributed by atoms with E-state index in [9.17, 15) is 4.79 Å². The Morgan fingerprint density at radius 2 is 1.81 bits per heavy atom. The molecule has 0 spiro atoms. The number of hydrogen-bond acceptors (Lipinski definition) is 6. The summed E-state index contributed by atoms with van der Waals surface area (Å²) in [6, 6.07) is 16.8. The maximum atomic E-state index is 13.2. The molecule has 1 fully saturated rings. The zero-order valence-corrected chi connectivity index (χ0v) is 17.3. The first-order valence-electron chi connectivity index (χ1n) is 10.0. The van der Waals surface area contributed by atoms with Crippen LogP contribution in [-0.2, 0) is 10.2 Å². The van der Waals surface area contributed by atoms with Crippen molar-refractivity contribution < 1.29 is 23.7 Å². The van der Waals surface area contributed by atoms with Crippen molar-refractivity contribution in [3.63, 3.8) is 0 Å². The number of aromatic nitrogens is 1. The van der Waals surface area contributed by atoms with Crippen LogP contribution in [0.15, 0.2) is 54.6 Å². The van der Waals surface area contributed by atoms with Gasteiger partial charge in [0.2, 0.25) is 12.7 Å². The zero-order valence-electron chi connectivity index (χ0n) is 17.3. The Bertz CT molecular complexity index is 1160. The van der Waals surface area contributed by atoms with Gasteiger partial charge >= 0.3 is 0 Å². The second-order valence-electron chi connectivity index (χ2n) is 7.55. The summed E-state index contributed by atoms with van der Waals surface area (Å²) in [4.78, 5) is 17.8. The molecule has 0 bridgehead atoms. The van der Waals surface area contributed by atoms with E-state index < -0.39 is 5.41 Å². The predicted octanol–water partition coefficient (Wildman–Crippen LogP) is 4.16. The second-order valence-corrected chi connectivity index (χ2v) is 7.55. The quantitative estimate of drug-likeness (QED) is 0.648. The monoisotopic (exact) mass is 418 g/mol. The number of benzene rings is 2. The Morgan fingerprint density at radius 3 is 2.58 bits per heavy atom. The van der Waals surface area contributed by atoms with Crippen molar-refractivity contribution in [3.8, 4) is 34.3 Å². The van der Waals surface area contributed by atoms with E-state index >= 15 is 0 Å². The molecule has 1 saturated carbocycles. The zero-order chi connectivity index (χ0) is 21.4. The highest BCUT2D eigenvalue weighted by Crippen LogP contribution is 2.51. The van der Waals surface area contributed by atoms with E-state index in [2.05, 4.69) is 10.3 Å². The number of carbonyl (C=O) groups excluding carboxylic acids is 1. The highest BCUT2D eigenvalue weighted by Gasteiger charge is 2.51. The highest BCUT2D eigenvalue weighted by molar-refractivity contribution is 6.01. The van der Waals surface area contributed by atoms with E-state index in [0.717, 1.165) is 24.0 Å². The first-order valence-corrected chi connectivity index (χ1v) is 10.0. The summed E-state index contributed by atoms with van der Waals surface area (Å²) in [5.74, 6) is 3.02. The summed E-state index contributed by atoms with van der Waals surface area (Å²) < 4.78 is 21.8. The first-order chi connectivity index (χ1) is 15.1. The number of anilines is 1. The Kier molecular flexibility index (Phi) is 4.66. The van der Waals surface area contributed by atoms with Crippen LogP contribution in [0.3, 0.4) is 0 Å². The molecule has 1 aromatic heterocycles. The molecule has 158 valence electrons. The lowest BCUT2D eigenvalue weighted by atomic mass is 9.94. The second kappa shape index (κ2) is 7.50. The number of rotatable bonds is 6. The van der Waals surface area contributed by atoms with Crippen molar-refractivity contribution in [2.75, 3.05) is 26.3 Å². The molecule has 0 atom stereocenters. The van der Waals surface area contributed by atoms with E-state index in [1.165, 1.54) is 0 Å². The van der Waals surface area contributed by atoms with Crippen LogP contribution in [0.1, 0.15) is 18.4 Å². The minimum absolute atomic E-state index is 0.0753. The number of pyridine rings is 1. The molecule has 2 aromatic carbocycles. The average Bonchev–Trinajstić information content (AvgIpc) is 3.49. The molecule has 0 saturated heterocycles. The van der Waals surface area contributed by atoms with E-state index in [-0.39, 0.29) is 12.7 Å². The predicted molar refractivity (Wildman–Crippen MR) is 115 cm³/mol. The standard InChI is InChI=1S/C24H22N2O5/c1-28-19-7-3-5-16(22(19)29-2)17-6-4-8-21(25-17)26-23(27)24(11-12-24)15-9-10-18-20(13-15)31-14-30-18/h3-10,13H,11-12,14H2,1-2H3,(H,25,26,27). The summed E-state index contributed by atoms with van der Waals surface area (Å²) in [5, 5.41) is 2.99. The van der Waals surface area contributed by atoms with Gasteiger partial charge in [0.1, 0.15) is 5.82 Å². The number of hydrogen-bond donors (Lipinski definition) is 1. The Labute approximate surface area is 179 Å². The molecule has 2 aliphatic rings. The van der Waals surface area contributed by atoms with Gasteiger partial charge in [-0.25, -0.2) is 4.98 Å². The van der Waals surface area contributed by atoms with Crippen LogP contribution in [0.2, 0.25) is 0 Å². The third-order valence-corrected chi connectivity index (χ3v) is 5.78. The summed E-state index contributed by atoms with van der Waals surface area (Å²) in [5.41, 5.74) is 1.84. The van der Waals surface area contributed by atoms with Crippen molar-refractivity contribution in [3.05, 3.63) is 60.2 Å². The number of para-hydroxylation sites is 1. The van der Waals surface area contributed by atoms with Gasteiger partial charge < -0.3 is 24.3 Å². The summed E-state index contributed by atoms with van der Waals surface area (Å²) in [6.07, 6.45) is 1.56. The summed E-state index contributed by atoms with van der Waals surface area (Å²) in [7, 11) is 3.19. The van der Waals surface area contributed by atoms with E-state index in [1.54, 1.807) is 20.3 Å². The van der Waals surface area contributed by atoms with Crippen LogP contribution in [0.5, 0.6) is 23.0 Å². The van der Waals surface area contributed by atoms with Crippen molar-refractivity contribution in [1.82, 2.24) is 4.98 Å². The largest absolute Gasteiger partial charge is 0.493 e. The van der Waals surface area contributed by atoms with Gasteiger partial charge in [-0.3, -0.25) is 4.79 Å². The molecule has 1 aliphatic carbocycles. The fourth-order valence-corrected chi connectivity index (χ4v) is 3.95. The molecule has 2 heterocycles. The van der Waals surface area contributed by atoms with Gasteiger partial charge in [0.15, 0.2) is 23.0 Å². The maximum Gasteiger partial charge on any atom is 0.236 e. The lowest BCUT2D eigenvalue weighted by molar-refractivity contribution is -0.118. The van der Waals surface area contributed by atoms with Gasteiger partial charge in [-0.1, -0.05) is 18.2 Å². The fourth-order valence-electron chi connectivity index (χ4n) is 3.95. The SMILES string of the molecule is COc1cccc(-c2cccc(NC(=O)C3(c4ccc5c(c4)OCO5)CC3)n2)c1OC. The number of ether oxygens (including phenoxy) is 4. The Balaban J connectivity index is 1.41. The molecule has 0 radical (unpaired) electrons. The van der Waals surface area contributed by atoms with Gasteiger partial charge in [0, 0.05) is 5.56 Å². The Hall–Kier alpha value is -3.74. The fraction of sp³-hybridized carbons (Fsp3) is 0.250. The molecule has 7 heteroatoms. The maximum absolute atomic E-state index is 13.2. The number of nitrogens with zero attached hydrogens (tertiary/aromatic N) is 1. The molecular weight excluding hydrogens is 396 g/mol. The third kappa shape index (κ3) is 3.32. The number of nitrogens with one attached hydrogen (secondary N) is 1. The van der Waals surface area contributed by atoms with E-state index in [4.69, 9.17) is 18.9 Å². The molecule has 5 rings (SSSR count). The lowest BCUT2D eigenvalue weighted by Crippen LogP contribution is -2.28. The first kappa shape index (κ1) is 19.2. The number of fused-ring (bicyclic) bond motifs is 1. The van der Waals surface area contributed by atoms with Crippen molar-refractivity contribution in [2.45, 2.75) is 18.3 Å². The summed E-state index contributed by atoms with van der Waals surface area (Å²) in [6.45, 7) is 0.211. The van der Waals surface area contributed by atoms with Crippen molar-refractivity contribution in [1.29, 1.82) is 0 Å². The van der Waals surface area contributed by atoms with Crippen LogP contribution < -0.4 is 24.3 Å². The van der Waals surface area contributed by atoms with Gasteiger partial charge in [0.05, 0.1) is 25.3 Å². The lowest BCUT2D eigenvalue weighted by Gasteiger charge is -2.17. The van der Waals surface area contributed by atoms with Crippen LogP contribution in [-0.4, -0.2) is 31.9 Å². The minimum atomic E-state index is -0.563. The third-order valence-electron chi connectivity index (χ3n) is 5.78. The van der Waals surface area contributed by atoms with Crippen molar-refractivity contribution >= 4 is 11.7 Å². The number of methoxy groups -OCH3 is 2. The van der Waals surface area contributed by atoms with Gasteiger partial charge in [0.25, 0.3) is 0 Å². The average molecular weight is 418 g/mol. The summed E-state index contributed by atoms with van der Waals surface area (Å²) >= 11 is 0. The molecule has 0 unspecified atom stereocenters. The molecular formula is C24H22N2O5. The van der Waals surface area contributed by atoms with E-state index in [1.807, 2.05) is 48.5 Å². The molecule has 3 aromatic rings. The number of carbonyl (C=O) groups is 1. The van der Waals surface area contributed by atoms with Crippen LogP contribution in [0, 0.1) is 0 Å². The van der Waals surface area contributed by atoms with Gasteiger partial charge in [-0.2, -0.15) is 0 Å². The normalized spacial score (nSPS) is 15.3. The molecule has 1 amide bonds. The molecule has 31 heavy (non-hydrogen) atoms. The van der Waals surface area contributed by atoms with Crippen molar-refractivity contribution in [2.24, 2.45) is 0 Å². The highest BCUT2D eigenvalue weighted by atomic mass is 16.7. The van der Waals surface area contributed by atoms with Crippen LogP contribution in [0.25, 0.3) is 11.3 Å².